The van der Waals surface area contributed by atoms with Crippen LogP contribution in [0.5, 0.6) is 0 Å². The summed E-state index contributed by atoms with van der Waals surface area (Å²) < 4.78 is 0. The first-order valence-corrected chi connectivity index (χ1v) is 10.2. The number of para-hydroxylation sites is 1. The normalized spacial score (nSPS) is 30.2. The largest absolute Gasteiger partial charge is 0.308 e. The van der Waals surface area contributed by atoms with Crippen molar-refractivity contribution in [2.24, 2.45) is 5.92 Å². The Morgan fingerprint density at radius 1 is 1.04 bits per heavy atom. The number of nitrogens with zero attached hydrogens (tertiary/aromatic N) is 3. The molecule has 4 heteroatoms. The van der Waals surface area contributed by atoms with E-state index in [-0.39, 0.29) is 24.3 Å². The van der Waals surface area contributed by atoms with Gasteiger partial charge in [-0.2, -0.15) is 5.26 Å². The number of carbonyl (C=O) groups excluding carboxylic acids is 1. The van der Waals surface area contributed by atoms with Gasteiger partial charge in [0.2, 0.25) is 5.91 Å². The molecule has 0 radical (unpaired) electrons. The number of nitriles is 1. The van der Waals surface area contributed by atoms with Crippen LogP contribution < -0.4 is 4.90 Å². The van der Waals surface area contributed by atoms with Crippen molar-refractivity contribution in [3.63, 3.8) is 0 Å². The summed E-state index contributed by atoms with van der Waals surface area (Å²) in [6.45, 7) is 4.56. The third kappa shape index (κ3) is 3.14. The molecule has 2 aliphatic heterocycles. The van der Waals surface area contributed by atoms with Crippen molar-refractivity contribution in [1.29, 1.82) is 5.26 Å². The van der Waals surface area contributed by atoms with Gasteiger partial charge < -0.3 is 9.80 Å². The lowest BCUT2D eigenvalue weighted by atomic mass is 9.85. The standard InChI is InChI=1S/C22H29N3O/c1-16-6-8-17(9-7-16)24-14-11-18(12-15-24)25-21-5-3-2-4-19(21)20(10-13-23)22(25)26/h2-5,16-18,20H,6-12,14-15H2,1H3. The summed E-state index contributed by atoms with van der Waals surface area (Å²) in [4.78, 5) is 17.7. The Kier molecular flexibility index (Phi) is 5.00. The Hall–Kier alpha value is -1.86. The Morgan fingerprint density at radius 2 is 1.73 bits per heavy atom. The Morgan fingerprint density at radius 3 is 2.42 bits per heavy atom. The van der Waals surface area contributed by atoms with Gasteiger partial charge in [-0.15, -0.1) is 0 Å². The summed E-state index contributed by atoms with van der Waals surface area (Å²) in [5, 5.41) is 9.14. The maximum absolute atomic E-state index is 13.0. The molecule has 2 heterocycles. The van der Waals surface area contributed by atoms with Gasteiger partial charge in [0.1, 0.15) is 0 Å². The average molecular weight is 351 g/mol. The first-order valence-electron chi connectivity index (χ1n) is 10.2. The second-order valence-electron chi connectivity index (χ2n) is 8.36. The van der Waals surface area contributed by atoms with Crippen LogP contribution in [0.3, 0.4) is 0 Å². The van der Waals surface area contributed by atoms with E-state index in [0.29, 0.717) is 0 Å². The molecule has 1 amide bonds. The van der Waals surface area contributed by atoms with E-state index >= 15 is 0 Å². The fourth-order valence-electron chi connectivity index (χ4n) is 5.20. The van der Waals surface area contributed by atoms with E-state index in [1.54, 1.807) is 0 Å². The summed E-state index contributed by atoms with van der Waals surface area (Å²) >= 11 is 0. The Balaban J connectivity index is 1.44. The molecule has 3 aliphatic rings. The molecular weight excluding hydrogens is 322 g/mol. The van der Waals surface area contributed by atoms with Gasteiger partial charge in [0.15, 0.2) is 0 Å². The number of carbonyl (C=O) groups is 1. The molecule has 1 saturated heterocycles. The van der Waals surface area contributed by atoms with Crippen LogP contribution in [-0.4, -0.2) is 36.0 Å². The molecular formula is C22H29N3O. The van der Waals surface area contributed by atoms with Crippen molar-refractivity contribution in [3.8, 4) is 6.07 Å². The van der Waals surface area contributed by atoms with Gasteiger partial charge in [0, 0.05) is 30.9 Å². The molecule has 1 aromatic rings. The van der Waals surface area contributed by atoms with Crippen LogP contribution in [0.1, 0.15) is 63.4 Å². The molecule has 26 heavy (non-hydrogen) atoms. The van der Waals surface area contributed by atoms with Crippen molar-refractivity contribution in [2.75, 3.05) is 18.0 Å². The summed E-state index contributed by atoms with van der Waals surface area (Å²) in [6.07, 6.45) is 7.77. The number of likely N-dealkylation sites (tertiary alicyclic amines) is 1. The zero-order chi connectivity index (χ0) is 18.1. The van der Waals surface area contributed by atoms with Crippen LogP contribution in [0, 0.1) is 17.2 Å². The number of hydrogen-bond donors (Lipinski definition) is 0. The highest BCUT2D eigenvalue weighted by atomic mass is 16.2. The zero-order valence-electron chi connectivity index (χ0n) is 15.7. The van der Waals surface area contributed by atoms with Gasteiger partial charge >= 0.3 is 0 Å². The molecule has 1 aliphatic carbocycles. The van der Waals surface area contributed by atoms with Crippen molar-refractivity contribution in [2.45, 2.75) is 69.9 Å². The first kappa shape index (κ1) is 17.5. The molecule has 1 saturated carbocycles. The van der Waals surface area contributed by atoms with Crippen LogP contribution in [0.2, 0.25) is 0 Å². The van der Waals surface area contributed by atoms with Crippen molar-refractivity contribution < 1.29 is 4.79 Å². The molecule has 4 nitrogen and oxygen atoms in total. The number of benzene rings is 1. The highest BCUT2D eigenvalue weighted by Crippen LogP contribution is 2.42. The molecule has 0 bridgehead atoms. The van der Waals surface area contributed by atoms with Crippen LogP contribution in [0.25, 0.3) is 0 Å². The molecule has 1 aromatic carbocycles. The van der Waals surface area contributed by atoms with Gasteiger partial charge in [-0.1, -0.05) is 25.1 Å². The van der Waals surface area contributed by atoms with Gasteiger partial charge in [0.25, 0.3) is 0 Å². The fraction of sp³-hybridized carbons (Fsp3) is 0.636. The predicted octanol–water partition coefficient (Wildman–Crippen LogP) is 4.07. The fourth-order valence-corrected chi connectivity index (χ4v) is 5.20. The number of amides is 1. The number of piperidine rings is 1. The molecule has 1 atom stereocenters. The molecule has 138 valence electrons. The molecule has 1 unspecified atom stereocenters. The SMILES string of the molecule is CC1CCC(N2CCC(N3C(=O)C(CC#N)c4ccccc43)CC2)CC1. The van der Waals surface area contributed by atoms with E-state index in [2.05, 4.69) is 24.0 Å². The number of fused-ring (bicyclic) bond motifs is 1. The molecule has 2 fully saturated rings. The smallest absolute Gasteiger partial charge is 0.235 e. The summed E-state index contributed by atoms with van der Waals surface area (Å²) in [6, 6.07) is 11.3. The molecule has 0 N–H and O–H groups in total. The third-order valence-corrected chi connectivity index (χ3v) is 6.77. The molecule has 4 rings (SSSR count). The van der Waals surface area contributed by atoms with Crippen LogP contribution in [-0.2, 0) is 4.79 Å². The maximum atomic E-state index is 13.0. The van der Waals surface area contributed by atoms with Crippen molar-refractivity contribution in [1.82, 2.24) is 4.90 Å². The molecule has 0 spiro atoms. The second-order valence-corrected chi connectivity index (χ2v) is 8.36. The van der Waals surface area contributed by atoms with Gasteiger partial charge in [0.05, 0.1) is 18.4 Å². The molecule has 0 aromatic heterocycles. The van der Waals surface area contributed by atoms with E-state index in [0.717, 1.165) is 49.1 Å². The lowest BCUT2D eigenvalue weighted by Gasteiger charge is -2.42. The van der Waals surface area contributed by atoms with E-state index in [1.807, 2.05) is 23.1 Å². The van der Waals surface area contributed by atoms with Crippen molar-refractivity contribution >= 4 is 11.6 Å². The predicted molar refractivity (Wildman–Crippen MR) is 103 cm³/mol. The van der Waals surface area contributed by atoms with Crippen LogP contribution >= 0.6 is 0 Å². The zero-order valence-corrected chi connectivity index (χ0v) is 15.7. The van der Waals surface area contributed by atoms with E-state index in [1.165, 1.54) is 25.7 Å². The van der Waals surface area contributed by atoms with E-state index < -0.39 is 0 Å². The highest BCUT2D eigenvalue weighted by Gasteiger charge is 2.41. The minimum absolute atomic E-state index is 0.137. The van der Waals surface area contributed by atoms with Gasteiger partial charge in [-0.25, -0.2) is 0 Å². The first-order chi connectivity index (χ1) is 12.7. The minimum atomic E-state index is -0.269. The minimum Gasteiger partial charge on any atom is -0.308 e. The Labute approximate surface area is 156 Å². The van der Waals surface area contributed by atoms with Gasteiger partial charge in [-0.05, 0) is 56.1 Å². The van der Waals surface area contributed by atoms with E-state index in [9.17, 15) is 4.79 Å². The third-order valence-electron chi connectivity index (χ3n) is 6.77. The lowest BCUT2D eigenvalue weighted by molar-refractivity contribution is -0.119. The van der Waals surface area contributed by atoms with Gasteiger partial charge in [-0.3, -0.25) is 4.79 Å². The van der Waals surface area contributed by atoms with Crippen molar-refractivity contribution in [3.05, 3.63) is 29.8 Å². The highest BCUT2D eigenvalue weighted by molar-refractivity contribution is 6.05. The quantitative estimate of drug-likeness (QED) is 0.824. The summed E-state index contributed by atoms with van der Waals surface area (Å²) in [7, 11) is 0. The maximum Gasteiger partial charge on any atom is 0.235 e. The topological polar surface area (TPSA) is 47.3 Å². The summed E-state index contributed by atoms with van der Waals surface area (Å²) in [5.41, 5.74) is 2.09. The van der Waals surface area contributed by atoms with Crippen LogP contribution in [0.4, 0.5) is 5.69 Å². The average Bonchev–Trinajstić information content (AvgIpc) is 2.95. The Bertz CT molecular complexity index is 694. The number of anilines is 1. The summed E-state index contributed by atoms with van der Waals surface area (Å²) in [5.74, 6) is 0.756. The number of hydrogen-bond acceptors (Lipinski definition) is 3. The lowest BCUT2D eigenvalue weighted by Crippen LogP contribution is -2.50. The number of rotatable bonds is 3. The second kappa shape index (κ2) is 7.40. The van der Waals surface area contributed by atoms with Crippen LogP contribution in [0.15, 0.2) is 24.3 Å². The van der Waals surface area contributed by atoms with E-state index in [4.69, 9.17) is 5.26 Å². The monoisotopic (exact) mass is 351 g/mol.